The third kappa shape index (κ3) is 8.60. The number of anilines is 1. The topological polar surface area (TPSA) is 195 Å². The van der Waals surface area contributed by atoms with E-state index in [9.17, 15) is 24.5 Å². The fourth-order valence-electron chi connectivity index (χ4n) is 2.12. The number of hydrogen-bond acceptors (Lipinski definition) is 6. The predicted octanol–water partition coefficient (Wildman–Crippen LogP) is -0.792. The minimum atomic E-state index is -0.911. The van der Waals surface area contributed by atoms with Crippen LogP contribution in [0.15, 0.2) is 29.3 Å². The number of carbonyl (C=O) groups excluding carboxylic acids is 3. The number of non-ortho nitro benzene ring substituents is 1. The van der Waals surface area contributed by atoms with Crippen LogP contribution in [-0.2, 0) is 14.4 Å². The molecule has 0 aliphatic carbocycles. The molecule has 0 heterocycles. The summed E-state index contributed by atoms with van der Waals surface area (Å²) in [6.07, 6.45) is 0.651. The molecular formula is C16H23N7O5. The van der Waals surface area contributed by atoms with Gasteiger partial charge in [-0.1, -0.05) is 0 Å². The zero-order valence-electron chi connectivity index (χ0n) is 15.3. The van der Waals surface area contributed by atoms with Crippen molar-refractivity contribution >= 4 is 35.1 Å². The SMILES string of the molecule is CC(=O)NCC(=O)NC(CCCN=C(N)N)C(=O)Nc1ccc([N+](=O)[O-])cc1. The van der Waals surface area contributed by atoms with Gasteiger partial charge in [0.05, 0.1) is 11.5 Å². The number of nitrogens with one attached hydrogen (secondary N) is 3. The highest BCUT2D eigenvalue weighted by molar-refractivity contribution is 5.97. The van der Waals surface area contributed by atoms with Gasteiger partial charge >= 0.3 is 0 Å². The summed E-state index contributed by atoms with van der Waals surface area (Å²) < 4.78 is 0. The van der Waals surface area contributed by atoms with Crippen molar-refractivity contribution in [3.63, 3.8) is 0 Å². The Hall–Kier alpha value is -3.70. The Balaban J connectivity index is 2.75. The molecule has 0 aromatic heterocycles. The Kier molecular flexibility index (Phi) is 8.86. The molecule has 0 fully saturated rings. The van der Waals surface area contributed by atoms with Crippen LogP contribution in [0.5, 0.6) is 0 Å². The zero-order valence-corrected chi connectivity index (χ0v) is 15.3. The molecule has 0 radical (unpaired) electrons. The summed E-state index contributed by atoms with van der Waals surface area (Å²) in [5, 5.41) is 18.1. The molecule has 1 rings (SSSR count). The van der Waals surface area contributed by atoms with Crippen molar-refractivity contribution in [1.82, 2.24) is 10.6 Å². The summed E-state index contributed by atoms with van der Waals surface area (Å²) in [7, 11) is 0. The van der Waals surface area contributed by atoms with Crippen molar-refractivity contribution in [2.24, 2.45) is 16.5 Å². The highest BCUT2D eigenvalue weighted by Gasteiger charge is 2.21. The van der Waals surface area contributed by atoms with Gasteiger partial charge in [-0.15, -0.1) is 0 Å². The fraction of sp³-hybridized carbons (Fsp3) is 0.375. The lowest BCUT2D eigenvalue weighted by Gasteiger charge is -2.18. The Morgan fingerprint density at radius 1 is 1.21 bits per heavy atom. The highest BCUT2D eigenvalue weighted by atomic mass is 16.6. The van der Waals surface area contributed by atoms with Crippen molar-refractivity contribution in [3.8, 4) is 0 Å². The number of nitro benzene ring substituents is 1. The first-order valence-electron chi connectivity index (χ1n) is 8.33. The first kappa shape index (κ1) is 22.3. The number of nitrogens with two attached hydrogens (primary N) is 2. The molecule has 3 amide bonds. The van der Waals surface area contributed by atoms with Crippen molar-refractivity contribution in [2.45, 2.75) is 25.8 Å². The van der Waals surface area contributed by atoms with Gasteiger partial charge in [0.15, 0.2) is 5.96 Å². The number of rotatable bonds is 10. The molecule has 28 heavy (non-hydrogen) atoms. The van der Waals surface area contributed by atoms with Crippen LogP contribution in [0.25, 0.3) is 0 Å². The van der Waals surface area contributed by atoms with E-state index in [1.165, 1.54) is 31.2 Å². The van der Waals surface area contributed by atoms with Crippen LogP contribution >= 0.6 is 0 Å². The van der Waals surface area contributed by atoms with E-state index in [1.807, 2.05) is 0 Å². The summed E-state index contributed by atoms with van der Waals surface area (Å²) >= 11 is 0. The first-order valence-corrected chi connectivity index (χ1v) is 8.33. The Morgan fingerprint density at radius 2 is 1.86 bits per heavy atom. The molecule has 1 aromatic carbocycles. The minimum Gasteiger partial charge on any atom is -0.370 e. The molecular weight excluding hydrogens is 370 g/mol. The highest BCUT2D eigenvalue weighted by Crippen LogP contribution is 2.16. The summed E-state index contributed by atoms with van der Waals surface area (Å²) in [6, 6.07) is 4.35. The predicted molar refractivity (Wildman–Crippen MR) is 102 cm³/mol. The van der Waals surface area contributed by atoms with Gasteiger partial charge in [0.25, 0.3) is 5.69 Å². The molecule has 0 aliphatic heterocycles. The van der Waals surface area contributed by atoms with Crippen molar-refractivity contribution in [3.05, 3.63) is 34.4 Å². The third-order valence-electron chi connectivity index (χ3n) is 3.44. The molecule has 0 saturated carbocycles. The summed E-state index contributed by atoms with van der Waals surface area (Å²) in [4.78, 5) is 49.3. The van der Waals surface area contributed by atoms with Gasteiger partial charge in [-0.2, -0.15) is 0 Å². The maximum absolute atomic E-state index is 12.5. The van der Waals surface area contributed by atoms with E-state index in [0.717, 1.165) is 0 Å². The van der Waals surface area contributed by atoms with Gasteiger partial charge in [-0.05, 0) is 25.0 Å². The van der Waals surface area contributed by atoms with Crippen LogP contribution in [0.1, 0.15) is 19.8 Å². The summed E-state index contributed by atoms with van der Waals surface area (Å²) in [5.41, 5.74) is 10.7. The molecule has 1 aromatic rings. The monoisotopic (exact) mass is 393 g/mol. The number of guanidine groups is 1. The number of amides is 3. The third-order valence-corrected chi connectivity index (χ3v) is 3.44. The number of benzene rings is 1. The lowest BCUT2D eigenvalue weighted by atomic mass is 10.1. The van der Waals surface area contributed by atoms with Crippen LogP contribution in [0.4, 0.5) is 11.4 Å². The maximum Gasteiger partial charge on any atom is 0.269 e. The van der Waals surface area contributed by atoms with E-state index in [0.29, 0.717) is 12.1 Å². The molecule has 0 bridgehead atoms. The second kappa shape index (κ2) is 11.1. The first-order chi connectivity index (χ1) is 13.2. The van der Waals surface area contributed by atoms with Crippen molar-refractivity contribution in [2.75, 3.05) is 18.4 Å². The van der Waals surface area contributed by atoms with Gasteiger partial charge in [-0.25, -0.2) is 0 Å². The lowest BCUT2D eigenvalue weighted by Crippen LogP contribution is -2.47. The largest absolute Gasteiger partial charge is 0.370 e. The smallest absolute Gasteiger partial charge is 0.269 e. The molecule has 152 valence electrons. The van der Waals surface area contributed by atoms with Gasteiger partial charge < -0.3 is 27.4 Å². The molecule has 12 nitrogen and oxygen atoms in total. The van der Waals surface area contributed by atoms with Gasteiger partial charge in [0, 0.05) is 31.3 Å². The quantitative estimate of drug-likeness (QED) is 0.113. The molecule has 0 aliphatic rings. The second-order valence-electron chi connectivity index (χ2n) is 5.77. The van der Waals surface area contributed by atoms with Gasteiger partial charge in [0.1, 0.15) is 6.04 Å². The lowest BCUT2D eigenvalue weighted by molar-refractivity contribution is -0.384. The van der Waals surface area contributed by atoms with Crippen LogP contribution in [-0.4, -0.2) is 47.7 Å². The maximum atomic E-state index is 12.5. The Morgan fingerprint density at radius 3 is 2.39 bits per heavy atom. The van der Waals surface area contributed by atoms with E-state index in [4.69, 9.17) is 11.5 Å². The van der Waals surface area contributed by atoms with Gasteiger partial charge in [-0.3, -0.25) is 29.5 Å². The molecule has 7 N–H and O–H groups in total. The van der Waals surface area contributed by atoms with E-state index < -0.39 is 22.8 Å². The molecule has 1 atom stereocenters. The zero-order chi connectivity index (χ0) is 21.1. The summed E-state index contributed by atoms with van der Waals surface area (Å²) in [6.45, 7) is 1.26. The number of carbonyl (C=O) groups is 3. The van der Waals surface area contributed by atoms with E-state index in [2.05, 4.69) is 20.9 Å². The number of nitrogens with zero attached hydrogens (tertiary/aromatic N) is 2. The number of aliphatic imine (C=N–C) groups is 1. The van der Waals surface area contributed by atoms with Crippen molar-refractivity contribution in [1.29, 1.82) is 0 Å². The fourth-order valence-corrected chi connectivity index (χ4v) is 2.12. The normalized spacial score (nSPS) is 11.0. The van der Waals surface area contributed by atoms with Gasteiger partial charge in [0.2, 0.25) is 17.7 Å². The Labute approximate surface area is 160 Å². The average molecular weight is 393 g/mol. The number of hydrogen-bond donors (Lipinski definition) is 5. The van der Waals surface area contributed by atoms with Crippen molar-refractivity contribution < 1.29 is 19.3 Å². The van der Waals surface area contributed by atoms with Crippen LogP contribution < -0.4 is 27.4 Å². The molecule has 12 heteroatoms. The molecule has 0 spiro atoms. The van der Waals surface area contributed by atoms with E-state index >= 15 is 0 Å². The molecule has 0 saturated heterocycles. The number of nitro groups is 1. The molecule has 1 unspecified atom stereocenters. The van der Waals surface area contributed by atoms with E-state index in [1.54, 1.807) is 0 Å². The Bertz CT molecular complexity index is 744. The van der Waals surface area contributed by atoms with Crippen LogP contribution in [0.3, 0.4) is 0 Å². The standard InChI is InChI=1S/C16H23N7O5/c1-10(24)20-9-14(25)22-13(3-2-8-19-16(17)18)15(26)21-11-4-6-12(7-5-11)23(27)28/h4-7,13H,2-3,8-9H2,1H3,(H,20,24)(H,21,26)(H,22,25)(H4,17,18,19). The second-order valence-corrected chi connectivity index (χ2v) is 5.77. The van der Waals surface area contributed by atoms with Crippen LogP contribution in [0.2, 0.25) is 0 Å². The minimum absolute atomic E-state index is 0.0819. The average Bonchev–Trinajstić information content (AvgIpc) is 2.62. The van der Waals surface area contributed by atoms with Crippen LogP contribution in [0, 0.1) is 10.1 Å². The van der Waals surface area contributed by atoms with E-state index in [-0.39, 0.29) is 37.1 Å². The summed E-state index contributed by atoms with van der Waals surface area (Å²) in [5.74, 6) is -1.52.